The van der Waals surface area contributed by atoms with Crippen LogP contribution in [0.2, 0.25) is 13.1 Å². The molecule has 5 heteroatoms. The van der Waals surface area contributed by atoms with Crippen LogP contribution in [0.4, 0.5) is 0 Å². The lowest BCUT2D eigenvalue weighted by Crippen LogP contribution is -2.35. The molecule has 0 aliphatic carbocycles. The van der Waals surface area contributed by atoms with Crippen LogP contribution in [0, 0.1) is 0 Å². The molecular weight excluding hydrogens is 188 g/mol. The van der Waals surface area contributed by atoms with Crippen molar-refractivity contribution in [1.82, 2.24) is 0 Å². The molecule has 0 aromatic carbocycles. The van der Waals surface area contributed by atoms with Crippen LogP contribution in [0.1, 0.15) is 19.8 Å². The van der Waals surface area contributed by atoms with Gasteiger partial charge in [-0.2, -0.15) is 0 Å². The fourth-order valence-corrected chi connectivity index (χ4v) is 1.38. The normalized spacial score (nSPS) is 11.1. The van der Waals surface area contributed by atoms with Crippen LogP contribution in [0.25, 0.3) is 0 Å². The monoisotopic (exact) mass is 204 g/mol. The van der Waals surface area contributed by atoms with E-state index in [4.69, 9.17) is 8.85 Å². The third-order valence-corrected chi connectivity index (χ3v) is 3.23. The van der Waals surface area contributed by atoms with Gasteiger partial charge in [-0.15, -0.1) is 0 Å². The fourth-order valence-electron chi connectivity index (χ4n) is 0.645. The highest BCUT2D eigenvalue weighted by Gasteiger charge is 2.27. The zero-order valence-electron chi connectivity index (χ0n) is 8.55. The Morgan fingerprint density at radius 1 is 1.23 bits per heavy atom. The molecule has 0 aromatic rings. The molecule has 0 N–H and O–H groups in total. The smallest absolute Gasteiger partial charge is 0.394 e. The van der Waals surface area contributed by atoms with Crippen molar-refractivity contribution in [2.45, 2.75) is 32.9 Å². The largest absolute Gasteiger partial charge is 0.494 e. The van der Waals surface area contributed by atoms with Gasteiger partial charge in [0.05, 0.1) is 6.42 Å². The Bertz CT molecular complexity index is 200. The molecule has 0 unspecified atom stereocenters. The van der Waals surface area contributed by atoms with Crippen molar-refractivity contribution in [2.24, 2.45) is 0 Å². The fraction of sp³-hybridized carbons (Fsp3) is 0.750. The van der Waals surface area contributed by atoms with E-state index >= 15 is 0 Å². The molecule has 0 spiro atoms. The minimum Gasteiger partial charge on any atom is -0.494 e. The molecule has 0 aliphatic heterocycles. The predicted octanol–water partition coefficient (Wildman–Crippen LogP) is 1.25. The average Bonchev–Trinajstić information content (AvgIpc) is 2.00. The summed E-state index contributed by atoms with van der Waals surface area (Å²) in [6, 6.07) is 0. The van der Waals surface area contributed by atoms with Crippen molar-refractivity contribution in [3.8, 4) is 0 Å². The maximum Gasteiger partial charge on any atom is 0.394 e. The number of Topliss-reactive ketones (excluding diaryl/α,β-unsaturated/α-hetero) is 1. The summed E-state index contributed by atoms with van der Waals surface area (Å²) >= 11 is 0. The van der Waals surface area contributed by atoms with Gasteiger partial charge in [0.25, 0.3) is 5.97 Å². The van der Waals surface area contributed by atoms with Crippen molar-refractivity contribution in [2.75, 3.05) is 7.11 Å². The second-order valence-corrected chi connectivity index (χ2v) is 6.69. The lowest BCUT2D eigenvalue weighted by molar-refractivity contribution is -0.137. The van der Waals surface area contributed by atoms with Crippen LogP contribution in [0.5, 0.6) is 0 Å². The second kappa shape index (κ2) is 5.13. The Balaban J connectivity index is 3.81. The predicted molar refractivity (Wildman–Crippen MR) is 50.5 cm³/mol. The number of ketones is 1. The third kappa shape index (κ3) is 6.48. The lowest BCUT2D eigenvalue weighted by Gasteiger charge is -2.19. The van der Waals surface area contributed by atoms with E-state index in [-0.39, 0.29) is 24.6 Å². The van der Waals surface area contributed by atoms with E-state index in [0.29, 0.717) is 0 Å². The lowest BCUT2D eigenvalue weighted by atomic mass is 10.2. The topological polar surface area (TPSA) is 52.6 Å². The van der Waals surface area contributed by atoms with Crippen LogP contribution < -0.4 is 0 Å². The van der Waals surface area contributed by atoms with Crippen molar-refractivity contribution < 1.29 is 18.4 Å². The van der Waals surface area contributed by atoms with Crippen molar-refractivity contribution >= 4 is 20.3 Å². The first-order valence-corrected chi connectivity index (χ1v) is 6.95. The van der Waals surface area contributed by atoms with E-state index in [1.165, 1.54) is 14.0 Å². The SMILES string of the molecule is CO[Si](C)(C)OC(=O)CCC(C)=O. The van der Waals surface area contributed by atoms with E-state index < -0.39 is 8.56 Å². The van der Waals surface area contributed by atoms with Crippen LogP contribution in [-0.2, 0) is 18.4 Å². The molecule has 0 radical (unpaired) electrons. The van der Waals surface area contributed by atoms with Crippen LogP contribution >= 0.6 is 0 Å². The number of carbonyl (C=O) groups excluding carboxylic acids is 2. The van der Waals surface area contributed by atoms with E-state index in [9.17, 15) is 9.59 Å². The minimum absolute atomic E-state index is 0.00570. The van der Waals surface area contributed by atoms with Gasteiger partial charge in [0.15, 0.2) is 0 Å². The molecule has 0 atom stereocenters. The molecule has 0 bridgehead atoms. The standard InChI is InChI=1S/C8H16O4Si/c1-7(9)5-6-8(10)12-13(3,4)11-2/h5-6H2,1-4H3. The highest BCUT2D eigenvalue weighted by atomic mass is 28.4. The van der Waals surface area contributed by atoms with Crippen molar-refractivity contribution in [1.29, 1.82) is 0 Å². The molecule has 0 amide bonds. The number of hydrogen-bond acceptors (Lipinski definition) is 4. The maximum atomic E-state index is 11.1. The summed E-state index contributed by atoms with van der Waals surface area (Å²) in [5.41, 5.74) is 0. The van der Waals surface area contributed by atoms with Gasteiger partial charge in [0.2, 0.25) is 0 Å². The first kappa shape index (κ1) is 12.3. The number of carbonyl (C=O) groups is 2. The van der Waals surface area contributed by atoms with Crippen molar-refractivity contribution in [3.05, 3.63) is 0 Å². The molecule has 76 valence electrons. The Kier molecular flexibility index (Phi) is 4.86. The number of rotatable bonds is 5. The molecule has 0 aromatic heterocycles. The van der Waals surface area contributed by atoms with E-state index in [0.717, 1.165) is 0 Å². The van der Waals surface area contributed by atoms with Gasteiger partial charge in [-0.25, -0.2) is 0 Å². The zero-order chi connectivity index (χ0) is 10.5. The second-order valence-electron chi connectivity index (χ2n) is 3.28. The Morgan fingerprint density at radius 2 is 1.77 bits per heavy atom. The summed E-state index contributed by atoms with van der Waals surface area (Å²) in [4.78, 5) is 21.7. The average molecular weight is 204 g/mol. The quantitative estimate of drug-likeness (QED) is 0.632. The van der Waals surface area contributed by atoms with Gasteiger partial charge in [-0.05, 0) is 20.0 Å². The summed E-state index contributed by atoms with van der Waals surface area (Å²) in [6.45, 7) is 5.00. The third-order valence-electron chi connectivity index (χ3n) is 1.53. The first-order chi connectivity index (χ1) is 5.87. The molecule has 0 rings (SSSR count). The summed E-state index contributed by atoms with van der Waals surface area (Å²) in [6.07, 6.45) is 0.391. The molecule has 4 nitrogen and oxygen atoms in total. The van der Waals surface area contributed by atoms with E-state index in [1.807, 2.05) is 0 Å². The van der Waals surface area contributed by atoms with Gasteiger partial charge in [-0.1, -0.05) is 0 Å². The summed E-state index contributed by atoms with van der Waals surface area (Å²) in [5, 5.41) is 0. The summed E-state index contributed by atoms with van der Waals surface area (Å²) in [7, 11) is -0.755. The van der Waals surface area contributed by atoms with Gasteiger partial charge >= 0.3 is 8.56 Å². The molecule has 13 heavy (non-hydrogen) atoms. The summed E-state index contributed by atoms with van der Waals surface area (Å²) in [5.74, 6) is -0.359. The van der Waals surface area contributed by atoms with Crippen LogP contribution in [-0.4, -0.2) is 27.4 Å². The zero-order valence-corrected chi connectivity index (χ0v) is 9.55. The van der Waals surface area contributed by atoms with Crippen molar-refractivity contribution in [3.63, 3.8) is 0 Å². The van der Waals surface area contributed by atoms with Gasteiger partial charge < -0.3 is 13.6 Å². The van der Waals surface area contributed by atoms with E-state index in [2.05, 4.69) is 0 Å². The molecule has 0 saturated heterocycles. The van der Waals surface area contributed by atoms with E-state index in [1.54, 1.807) is 13.1 Å². The highest BCUT2D eigenvalue weighted by Crippen LogP contribution is 2.07. The Morgan fingerprint density at radius 3 is 2.15 bits per heavy atom. The maximum absolute atomic E-state index is 11.1. The Labute approximate surface area is 79.5 Å². The van der Waals surface area contributed by atoms with Gasteiger partial charge in [0, 0.05) is 13.5 Å². The molecule has 0 aliphatic rings. The first-order valence-electron chi connectivity index (χ1n) is 4.14. The Hall–Kier alpha value is -0.683. The number of hydrogen-bond donors (Lipinski definition) is 0. The molecular formula is C8H16O4Si. The van der Waals surface area contributed by atoms with Gasteiger partial charge in [-0.3, -0.25) is 4.79 Å². The molecule has 0 saturated carbocycles. The minimum atomic E-state index is -2.27. The summed E-state index contributed by atoms with van der Waals surface area (Å²) < 4.78 is 10.1. The highest BCUT2D eigenvalue weighted by molar-refractivity contribution is 6.66. The van der Waals surface area contributed by atoms with Crippen LogP contribution in [0.15, 0.2) is 0 Å². The van der Waals surface area contributed by atoms with Gasteiger partial charge in [0.1, 0.15) is 5.78 Å². The molecule has 0 heterocycles. The van der Waals surface area contributed by atoms with Crippen LogP contribution in [0.3, 0.4) is 0 Å². The molecule has 0 fully saturated rings.